The number of anilines is 2. The Morgan fingerprint density at radius 2 is 2.00 bits per heavy atom. The van der Waals surface area contributed by atoms with Gasteiger partial charge in [-0.15, -0.1) is 0 Å². The van der Waals surface area contributed by atoms with Crippen LogP contribution in [-0.4, -0.2) is 9.97 Å². The zero-order valence-corrected chi connectivity index (χ0v) is 6.66. The van der Waals surface area contributed by atoms with E-state index in [1.54, 1.807) is 0 Å². The molecule has 0 spiro atoms. The van der Waals surface area contributed by atoms with Gasteiger partial charge >= 0.3 is 0 Å². The maximum Gasteiger partial charge on any atom is 0.220 e. The molecule has 2 aromatic rings. The smallest absolute Gasteiger partial charge is 0.220 e. The molecule has 0 unspecified atom stereocenters. The van der Waals surface area contributed by atoms with Gasteiger partial charge in [0.2, 0.25) is 5.95 Å². The van der Waals surface area contributed by atoms with Gasteiger partial charge in [0.15, 0.2) is 0 Å². The van der Waals surface area contributed by atoms with Gasteiger partial charge in [0.1, 0.15) is 5.82 Å². The Labute approximate surface area is 73.4 Å². The molecule has 0 aliphatic carbocycles. The number of nitrogen functional groups attached to an aromatic ring is 2. The van der Waals surface area contributed by atoms with E-state index in [0.717, 1.165) is 0 Å². The van der Waals surface area contributed by atoms with Gasteiger partial charge in [-0.25, -0.2) is 14.4 Å². The first-order valence-electron chi connectivity index (χ1n) is 3.64. The fraction of sp³-hybridized carbons (Fsp3) is 0. The van der Waals surface area contributed by atoms with Gasteiger partial charge < -0.3 is 11.5 Å². The molecule has 66 valence electrons. The standard InChI is InChI=1S/C8H7FN4/c9-5-1-2-6-4(7(5)10)3-12-8(11)13-6/h1-3H,10H2,(H2,11,12,13). The van der Waals surface area contributed by atoms with Gasteiger partial charge in [-0.2, -0.15) is 0 Å². The van der Waals surface area contributed by atoms with Crippen LogP contribution in [0, 0.1) is 5.82 Å². The van der Waals surface area contributed by atoms with Crippen LogP contribution < -0.4 is 11.5 Å². The number of hydrogen-bond acceptors (Lipinski definition) is 4. The minimum absolute atomic E-state index is 0.0532. The lowest BCUT2D eigenvalue weighted by molar-refractivity contribution is 0.634. The molecule has 0 saturated heterocycles. The number of fused-ring (bicyclic) bond motifs is 1. The molecule has 0 radical (unpaired) electrons. The van der Waals surface area contributed by atoms with Crippen LogP contribution in [0.2, 0.25) is 0 Å². The number of rotatable bonds is 0. The van der Waals surface area contributed by atoms with Crippen molar-refractivity contribution in [3.63, 3.8) is 0 Å². The van der Waals surface area contributed by atoms with Crippen LogP contribution in [0.15, 0.2) is 18.3 Å². The third-order valence-corrected chi connectivity index (χ3v) is 1.77. The molecule has 1 heterocycles. The summed E-state index contributed by atoms with van der Waals surface area (Å²) in [5, 5.41) is 0.481. The van der Waals surface area contributed by atoms with Gasteiger partial charge in [0.05, 0.1) is 11.2 Å². The van der Waals surface area contributed by atoms with Crippen LogP contribution in [0.1, 0.15) is 0 Å². The fourth-order valence-electron chi connectivity index (χ4n) is 1.11. The molecular weight excluding hydrogens is 171 g/mol. The molecule has 13 heavy (non-hydrogen) atoms. The third-order valence-electron chi connectivity index (χ3n) is 1.77. The molecule has 0 bridgehead atoms. The van der Waals surface area contributed by atoms with E-state index in [1.807, 2.05) is 0 Å². The van der Waals surface area contributed by atoms with Crippen molar-refractivity contribution < 1.29 is 4.39 Å². The molecule has 2 rings (SSSR count). The summed E-state index contributed by atoms with van der Waals surface area (Å²) < 4.78 is 12.9. The Morgan fingerprint density at radius 3 is 2.77 bits per heavy atom. The molecule has 0 fully saturated rings. The average molecular weight is 178 g/mol. The van der Waals surface area contributed by atoms with Crippen molar-refractivity contribution in [3.05, 3.63) is 24.1 Å². The lowest BCUT2D eigenvalue weighted by Gasteiger charge is -2.01. The van der Waals surface area contributed by atoms with Crippen LogP contribution in [0.4, 0.5) is 16.0 Å². The summed E-state index contributed by atoms with van der Waals surface area (Å²) in [6.45, 7) is 0. The Bertz CT molecular complexity index is 469. The van der Waals surface area contributed by atoms with Gasteiger partial charge in [0.25, 0.3) is 0 Å². The van der Waals surface area contributed by atoms with Crippen molar-refractivity contribution >= 4 is 22.5 Å². The molecule has 0 aliphatic heterocycles. The highest BCUT2D eigenvalue weighted by Gasteiger charge is 2.04. The predicted molar refractivity (Wildman–Crippen MR) is 48.3 cm³/mol. The van der Waals surface area contributed by atoms with E-state index >= 15 is 0 Å². The molecule has 1 aromatic heterocycles. The zero-order chi connectivity index (χ0) is 9.42. The minimum Gasteiger partial charge on any atom is -0.396 e. The molecule has 0 atom stereocenters. The summed E-state index contributed by atoms with van der Waals surface area (Å²) in [7, 11) is 0. The van der Waals surface area contributed by atoms with Crippen LogP contribution >= 0.6 is 0 Å². The first-order chi connectivity index (χ1) is 6.18. The van der Waals surface area contributed by atoms with E-state index < -0.39 is 5.82 Å². The van der Waals surface area contributed by atoms with E-state index in [9.17, 15) is 4.39 Å². The van der Waals surface area contributed by atoms with Crippen molar-refractivity contribution in [3.8, 4) is 0 Å². The Kier molecular flexibility index (Phi) is 1.51. The fourth-order valence-corrected chi connectivity index (χ4v) is 1.11. The second-order valence-corrected chi connectivity index (χ2v) is 2.62. The third kappa shape index (κ3) is 1.14. The lowest BCUT2D eigenvalue weighted by Crippen LogP contribution is -1.97. The van der Waals surface area contributed by atoms with Gasteiger partial charge in [0, 0.05) is 11.6 Å². The normalized spacial score (nSPS) is 10.5. The minimum atomic E-state index is -0.471. The Morgan fingerprint density at radius 1 is 1.23 bits per heavy atom. The van der Waals surface area contributed by atoms with Crippen LogP contribution in [0.5, 0.6) is 0 Å². The molecule has 4 N–H and O–H groups in total. The second-order valence-electron chi connectivity index (χ2n) is 2.62. The molecule has 0 amide bonds. The highest BCUT2D eigenvalue weighted by Crippen LogP contribution is 2.21. The van der Waals surface area contributed by atoms with Crippen LogP contribution in [0.25, 0.3) is 10.9 Å². The van der Waals surface area contributed by atoms with Crippen LogP contribution in [0.3, 0.4) is 0 Å². The quantitative estimate of drug-likeness (QED) is 0.588. The van der Waals surface area contributed by atoms with E-state index in [2.05, 4.69) is 9.97 Å². The van der Waals surface area contributed by atoms with E-state index in [0.29, 0.717) is 10.9 Å². The maximum atomic E-state index is 12.9. The first kappa shape index (κ1) is 7.72. The summed E-state index contributed by atoms with van der Waals surface area (Å²) in [5.74, 6) is -0.320. The van der Waals surface area contributed by atoms with Crippen molar-refractivity contribution in [2.75, 3.05) is 11.5 Å². The SMILES string of the molecule is Nc1ncc2c(N)c(F)ccc2n1. The van der Waals surface area contributed by atoms with Gasteiger partial charge in [-0.3, -0.25) is 0 Å². The largest absolute Gasteiger partial charge is 0.396 e. The van der Waals surface area contributed by atoms with E-state index in [4.69, 9.17) is 11.5 Å². The van der Waals surface area contributed by atoms with Gasteiger partial charge in [-0.05, 0) is 12.1 Å². The van der Waals surface area contributed by atoms with Crippen molar-refractivity contribution in [2.45, 2.75) is 0 Å². The summed E-state index contributed by atoms with van der Waals surface area (Å²) in [6.07, 6.45) is 1.41. The number of nitrogens with zero attached hydrogens (tertiary/aromatic N) is 2. The number of nitrogens with two attached hydrogens (primary N) is 2. The molecular formula is C8H7FN4. The van der Waals surface area contributed by atoms with E-state index in [-0.39, 0.29) is 11.6 Å². The van der Waals surface area contributed by atoms with Crippen molar-refractivity contribution in [2.24, 2.45) is 0 Å². The average Bonchev–Trinajstić information content (AvgIpc) is 2.12. The summed E-state index contributed by atoms with van der Waals surface area (Å²) >= 11 is 0. The molecule has 0 aliphatic rings. The van der Waals surface area contributed by atoms with Gasteiger partial charge in [-0.1, -0.05) is 0 Å². The zero-order valence-electron chi connectivity index (χ0n) is 6.66. The number of halogens is 1. The number of benzene rings is 1. The predicted octanol–water partition coefficient (Wildman–Crippen LogP) is 0.933. The number of aromatic nitrogens is 2. The highest BCUT2D eigenvalue weighted by molar-refractivity contribution is 5.90. The monoisotopic (exact) mass is 178 g/mol. The van der Waals surface area contributed by atoms with Crippen LogP contribution in [-0.2, 0) is 0 Å². The van der Waals surface area contributed by atoms with Crippen molar-refractivity contribution in [1.82, 2.24) is 9.97 Å². The summed E-state index contributed by atoms with van der Waals surface area (Å²) in [4.78, 5) is 7.63. The molecule has 5 heteroatoms. The lowest BCUT2D eigenvalue weighted by atomic mass is 10.2. The highest BCUT2D eigenvalue weighted by atomic mass is 19.1. The topological polar surface area (TPSA) is 77.8 Å². The Balaban J connectivity index is 2.87. The van der Waals surface area contributed by atoms with Crippen molar-refractivity contribution in [1.29, 1.82) is 0 Å². The molecule has 1 aromatic carbocycles. The Hall–Kier alpha value is -1.91. The molecule has 4 nitrogen and oxygen atoms in total. The first-order valence-corrected chi connectivity index (χ1v) is 3.64. The summed E-state index contributed by atoms with van der Waals surface area (Å²) in [6, 6.07) is 2.77. The second kappa shape index (κ2) is 2.55. The summed E-state index contributed by atoms with van der Waals surface area (Å²) in [5.41, 5.74) is 11.4. The van der Waals surface area contributed by atoms with E-state index in [1.165, 1.54) is 18.3 Å². The molecule has 0 saturated carbocycles. The number of hydrogen-bond donors (Lipinski definition) is 2. The maximum absolute atomic E-state index is 12.9.